The molecule has 1 aromatic carbocycles. The molecule has 0 aliphatic rings. The molecular weight excluding hydrogens is 328 g/mol. The number of benzene rings is 1. The van der Waals surface area contributed by atoms with Crippen LogP contribution in [-0.4, -0.2) is 27.2 Å². The topological polar surface area (TPSA) is 130 Å². The lowest BCUT2D eigenvalue weighted by Gasteiger charge is -2.10. The molecule has 3 rings (SSSR count). The molecule has 9 heteroatoms. The number of hydrogen-bond donors (Lipinski definition) is 3. The number of ether oxygens (including phenoxy) is 1. The molecule has 0 radical (unpaired) electrons. The third-order valence-corrected chi connectivity index (χ3v) is 3.29. The van der Waals surface area contributed by atoms with E-state index < -0.39 is 17.2 Å². The van der Waals surface area contributed by atoms with Crippen molar-refractivity contribution >= 4 is 16.9 Å². The number of H-pyrrole nitrogens is 2. The first-order valence-electron chi connectivity index (χ1n) is 7.58. The third-order valence-electron chi connectivity index (χ3n) is 3.29. The van der Waals surface area contributed by atoms with Crippen molar-refractivity contribution in [3.8, 4) is 5.75 Å². The minimum absolute atomic E-state index is 0.0114. The normalized spacial score (nSPS) is 11.0. The molecule has 0 atom stereocenters. The number of amides is 1. The van der Waals surface area contributed by atoms with Gasteiger partial charge in [-0.05, 0) is 32.0 Å². The number of fused-ring (bicyclic) bond motifs is 1. The van der Waals surface area contributed by atoms with E-state index >= 15 is 0 Å². The molecule has 3 aromatic rings. The molecule has 9 nitrogen and oxygen atoms in total. The number of aromatic nitrogens is 3. The van der Waals surface area contributed by atoms with Gasteiger partial charge in [0.25, 0.3) is 5.91 Å². The number of nitrogens with zero attached hydrogens (tertiary/aromatic N) is 1. The highest BCUT2D eigenvalue weighted by Crippen LogP contribution is 2.21. The van der Waals surface area contributed by atoms with Gasteiger partial charge in [-0.1, -0.05) is 0 Å². The van der Waals surface area contributed by atoms with Crippen LogP contribution in [0.5, 0.6) is 5.75 Å². The third kappa shape index (κ3) is 3.77. The monoisotopic (exact) mass is 344 g/mol. The Bertz CT molecular complexity index is 1030. The van der Waals surface area contributed by atoms with Crippen molar-refractivity contribution in [2.45, 2.75) is 26.5 Å². The van der Waals surface area contributed by atoms with Crippen LogP contribution in [0.3, 0.4) is 0 Å². The van der Waals surface area contributed by atoms with Crippen LogP contribution in [-0.2, 0) is 6.54 Å². The Morgan fingerprint density at radius 2 is 2.12 bits per heavy atom. The number of nitrogens with one attached hydrogen (secondary N) is 3. The van der Waals surface area contributed by atoms with E-state index in [1.165, 1.54) is 6.07 Å². The van der Waals surface area contributed by atoms with Gasteiger partial charge in [0, 0.05) is 11.5 Å². The maximum atomic E-state index is 12.2. The van der Waals surface area contributed by atoms with Crippen LogP contribution in [0.25, 0.3) is 11.0 Å². The van der Waals surface area contributed by atoms with Crippen molar-refractivity contribution in [1.29, 1.82) is 0 Å². The van der Waals surface area contributed by atoms with Crippen LogP contribution in [0.2, 0.25) is 0 Å². The molecule has 0 fully saturated rings. The molecule has 0 spiro atoms. The van der Waals surface area contributed by atoms with E-state index in [2.05, 4.69) is 20.5 Å². The van der Waals surface area contributed by atoms with Gasteiger partial charge in [0.1, 0.15) is 22.7 Å². The van der Waals surface area contributed by atoms with Crippen molar-refractivity contribution < 1.29 is 13.9 Å². The van der Waals surface area contributed by atoms with Gasteiger partial charge in [-0.3, -0.25) is 9.78 Å². The average molecular weight is 344 g/mol. The lowest BCUT2D eigenvalue weighted by atomic mass is 10.1. The Hall–Kier alpha value is -3.36. The van der Waals surface area contributed by atoms with Crippen molar-refractivity contribution in [3.05, 3.63) is 56.6 Å². The summed E-state index contributed by atoms with van der Waals surface area (Å²) in [6.07, 6.45) is -0.0114. The summed E-state index contributed by atoms with van der Waals surface area (Å²) < 4.78 is 10.8. The highest BCUT2D eigenvalue weighted by Gasteiger charge is 2.14. The van der Waals surface area contributed by atoms with Crippen molar-refractivity contribution in [1.82, 2.24) is 20.5 Å². The summed E-state index contributed by atoms with van der Waals surface area (Å²) in [5.74, 6) is 0.200. The quantitative estimate of drug-likeness (QED) is 0.590. The molecule has 1 amide bonds. The second-order valence-corrected chi connectivity index (χ2v) is 5.62. The Balaban J connectivity index is 1.83. The number of carbonyl (C=O) groups excluding carboxylic acids is 1. The Kier molecular flexibility index (Phi) is 4.38. The van der Waals surface area contributed by atoms with Gasteiger partial charge in [0.15, 0.2) is 0 Å². The van der Waals surface area contributed by atoms with E-state index in [4.69, 9.17) is 9.15 Å². The molecule has 2 aromatic heterocycles. The molecule has 0 aliphatic carbocycles. The van der Waals surface area contributed by atoms with E-state index in [0.29, 0.717) is 16.7 Å². The minimum atomic E-state index is -0.762. The van der Waals surface area contributed by atoms with Gasteiger partial charge in [0.2, 0.25) is 0 Å². The first-order valence-corrected chi connectivity index (χ1v) is 7.58. The lowest BCUT2D eigenvalue weighted by molar-refractivity contribution is 0.0946. The summed E-state index contributed by atoms with van der Waals surface area (Å²) >= 11 is 0. The van der Waals surface area contributed by atoms with Gasteiger partial charge in [-0.2, -0.15) is 5.10 Å². The van der Waals surface area contributed by atoms with E-state index in [1.807, 2.05) is 13.8 Å². The SMILES string of the molecule is CC(C)Oc1ccc2cc(C(=O)NCc3n[nH]c(=O)[nH]3)c(=O)oc2c1. The van der Waals surface area contributed by atoms with Crippen LogP contribution < -0.4 is 21.4 Å². The van der Waals surface area contributed by atoms with E-state index in [0.717, 1.165) is 0 Å². The minimum Gasteiger partial charge on any atom is -0.491 e. The van der Waals surface area contributed by atoms with Crippen molar-refractivity contribution in [2.24, 2.45) is 0 Å². The molecule has 0 unspecified atom stereocenters. The first kappa shape index (κ1) is 16.5. The standard InChI is InChI=1S/C16H16N4O5/c1-8(2)24-10-4-3-9-5-11(15(22)25-12(9)6-10)14(21)17-7-13-18-16(23)20-19-13/h3-6,8H,7H2,1-2H3,(H,17,21)(H2,18,19,20,23). The summed E-state index contributed by atoms with van der Waals surface area (Å²) in [5, 5.41) is 8.93. The van der Waals surface area contributed by atoms with Crippen molar-refractivity contribution in [3.63, 3.8) is 0 Å². The zero-order valence-corrected chi connectivity index (χ0v) is 13.6. The predicted octanol–water partition coefficient (Wildman–Crippen LogP) is 0.922. The van der Waals surface area contributed by atoms with Crippen LogP contribution in [0.4, 0.5) is 0 Å². The Morgan fingerprint density at radius 3 is 2.80 bits per heavy atom. The highest BCUT2D eigenvalue weighted by molar-refractivity contribution is 5.96. The summed E-state index contributed by atoms with van der Waals surface area (Å²) in [6.45, 7) is 3.75. The molecule has 0 saturated heterocycles. The molecule has 0 aliphatic heterocycles. The van der Waals surface area contributed by atoms with Gasteiger partial charge in [0.05, 0.1) is 12.6 Å². The lowest BCUT2D eigenvalue weighted by Crippen LogP contribution is -2.28. The molecule has 130 valence electrons. The maximum Gasteiger partial charge on any atom is 0.349 e. The number of rotatable bonds is 5. The molecule has 0 bridgehead atoms. The zero-order chi connectivity index (χ0) is 18.0. The average Bonchev–Trinajstić information content (AvgIpc) is 2.97. The number of aromatic amines is 2. The summed E-state index contributed by atoms with van der Waals surface area (Å²) in [4.78, 5) is 37.6. The zero-order valence-electron chi connectivity index (χ0n) is 13.6. The van der Waals surface area contributed by atoms with E-state index in [-0.39, 0.29) is 24.0 Å². The maximum absolute atomic E-state index is 12.2. The van der Waals surface area contributed by atoms with Crippen molar-refractivity contribution in [2.75, 3.05) is 0 Å². The van der Waals surface area contributed by atoms with Crippen LogP contribution >= 0.6 is 0 Å². The van der Waals surface area contributed by atoms with Crippen LogP contribution in [0.1, 0.15) is 30.0 Å². The Morgan fingerprint density at radius 1 is 1.32 bits per heavy atom. The van der Waals surface area contributed by atoms with Gasteiger partial charge < -0.3 is 14.5 Å². The molecule has 0 saturated carbocycles. The first-order chi connectivity index (χ1) is 11.9. The second kappa shape index (κ2) is 6.63. The smallest absolute Gasteiger partial charge is 0.349 e. The number of carbonyl (C=O) groups is 1. The summed E-state index contributed by atoms with van der Waals surface area (Å²) in [6, 6.07) is 6.49. The summed E-state index contributed by atoms with van der Waals surface area (Å²) in [5.41, 5.74) is -1.05. The van der Waals surface area contributed by atoms with E-state index in [9.17, 15) is 14.4 Å². The molecule has 3 N–H and O–H groups in total. The van der Waals surface area contributed by atoms with Gasteiger partial charge in [-0.15, -0.1) is 0 Å². The Labute approximate surface area is 141 Å². The van der Waals surface area contributed by atoms with Gasteiger partial charge in [-0.25, -0.2) is 14.7 Å². The van der Waals surface area contributed by atoms with Crippen LogP contribution in [0.15, 0.2) is 38.3 Å². The number of hydrogen-bond acceptors (Lipinski definition) is 6. The second-order valence-electron chi connectivity index (χ2n) is 5.62. The fraction of sp³-hybridized carbons (Fsp3) is 0.250. The fourth-order valence-corrected chi connectivity index (χ4v) is 2.24. The molecule has 2 heterocycles. The largest absolute Gasteiger partial charge is 0.491 e. The highest BCUT2D eigenvalue weighted by atomic mass is 16.5. The van der Waals surface area contributed by atoms with E-state index in [1.54, 1.807) is 18.2 Å². The fourth-order valence-electron chi connectivity index (χ4n) is 2.24. The van der Waals surface area contributed by atoms with Crippen LogP contribution in [0, 0.1) is 0 Å². The summed E-state index contributed by atoms with van der Waals surface area (Å²) in [7, 11) is 0. The molecular formula is C16H16N4O5. The predicted molar refractivity (Wildman–Crippen MR) is 88.6 cm³/mol. The molecule has 25 heavy (non-hydrogen) atoms. The van der Waals surface area contributed by atoms with Gasteiger partial charge >= 0.3 is 11.3 Å².